The maximum absolute atomic E-state index is 11.2. The summed E-state index contributed by atoms with van der Waals surface area (Å²) in [6.07, 6.45) is -0.359. The van der Waals surface area contributed by atoms with Gasteiger partial charge in [-0.3, -0.25) is 0 Å². The molecule has 2 heterocycles. The van der Waals surface area contributed by atoms with E-state index in [4.69, 9.17) is 24.1 Å². The molecule has 7 nitrogen and oxygen atoms in total. The van der Waals surface area contributed by atoms with Gasteiger partial charge in [0.1, 0.15) is 23.0 Å². The van der Waals surface area contributed by atoms with Crippen LogP contribution in [-0.2, 0) is 6.42 Å². The number of ether oxygens (including phenoxy) is 4. The first kappa shape index (κ1) is 20.8. The molecular formula is C23H28O7. The van der Waals surface area contributed by atoms with E-state index in [0.717, 1.165) is 5.56 Å². The number of methoxy groups -OCH3 is 2. The fourth-order valence-corrected chi connectivity index (χ4v) is 4.38. The van der Waals surface area contributed by atoms with Crippen molar-refractivity contribution < 1.29 is 34.3 Å². The smallest absolute Gasteiger partial charge is 0.125 e. The molecule has 0 saturated heterocycles. The topological polar surface area (TPSA) is 97.6 Å². The van der Waals surface area contributed by atoms with Gasteiger partial charge in [0.05, 0.1) is 39.6 Å². The lowest BCUT2D eigenvalue weighted by Gasteiger charge is -2.40. The third kappa shape index (κ3) is 3.69. The lowest BCUT2D eigenvalue weighted by Crippen LogP contribution is -2.40. The Balaban J connectivity index is 1.61. The van der Waals surface area contributed by atoms with Gasteiger partial charge in [0.25, 0.3) is 0 Å². The quantitative estimate of drug-likeness (QED) is 0.665. The van der Waals surface area contributed by atoms with Crippen molar-refractivity contribution in [2.75, 3.05) is 34.0 Å². The third-order valence-corrected chi connectivity index (χ3v) is 6.09. The number of aliphatic hydroxyl groups excluding tert-OH is 3. The van der Waals surface area contributed by atoms with Crippen LogP contribution >= 0.6 is 0 Å². The molecule has 3 N–H and O–H groups in total. The SMILES string of the molecule is COc1ccc2c(c1)[C@@H](O)[C@@H]([C@H]1COc3cc(CCCO)c(OC)cc3[C@@H]1O)CO2. The van der Waals surface area contributed by atoms with Crippen LogP contribution in [0.25, 0.3) is 0 Å². The molecule has 0 spiro atoms. The Hall–Kier alpha value is -2.48. The molecular weight excluding hydrogens is 388 g/mol. The van der Waals surface area contributed by atoms with E-state index >= 15 is 0 Å². The first-order valence-electron chi connectivity index (χ1n) is 10.2. The summed E-state index contributed by atoms with van der Waals surface area (Å²) in [5.41, 5.74) is 2.22. The molecule has 4 atom stereocenters. The number of hydrogen-bond acceptors (Lipinski definition) is 7. The molecule has 0 bridgehead atoms. The highest BCUT2D eigenvalue weighted by Crippen LogP contribution is 2.47. The minimum Gasteiger partial charge on any atom is -0.497 e. The zero-order chi connectivity index (χ0) is 21.3. The van der Waals surface area contributed by atoms with Gasteiger partial charge in [-0.15, -0.1) is 0 Å². The molecule has 0 amide bonds. The van der Waals surface area contributed by atoms with Gasteiger partial charge in [-0.1, -0.05) is 0 Å². The molecule has 0 unspecified atom stereocenters. The Kier molecular flexibility index (Phi) is 6.04. The number of hydrogen-bond donors (Lipinski definition) is 3. The van der Waals surface area contributed by atoms with E-state index in [1.165, 1.54) is 0 Å². The van der Waals surface area contributed by atoms with Crippen LogP contribution in [0, 0.1) is 11.8 Å². The third-order valence-electron chi connectivity index (χ3n) is 6.09. The van der Waals surface area contributed by atoms with Crippen LogP contribution in [-0.4, -0.2) is 49.4 Å². The maximum Gasteiger partial charge on any atom is 0.125 e. The average molecular weight is 416 g/mol. The molecule has 162 valence electrons. The van der Waals surface area contributed by atoms with Gasteiger partial charge in [0, 0.05) is 29.6 Å². The maximum atomic E-state index is 11.2. The Morgan fingerprint density at radius 3 is 2.20 bits per heavy atom. The normalized spacial score (nSPS) is 24.8. The van der Waals surface area contributed by atoms with Crippen molar-refractivity contribution >= 4 is 0 Å². The van der Waals surface area contributed by atoms with Crippen molar-refractivity contribution in [3.8, 4) is 23.0 Å². The summed E-state index contributed by atoms with van der Waals surface area (Å²) >= 11 is 0. The summed E-state index contributed by atoms with van der Waals surface area (Å²) in [5, 5.41) is 31.3. The minimum absolute atomic E-state index is 0.0949. The van der Waals surface area contributed by atoms with Crippen LogP contribution in [0.2, 0.25) is 0 Å². The zero-order valence-corrected chi connectivity index (χ0v) is 17.2. The van der Waals surface area contributed by atoms with Crippen LogP contribution in [0.3, 0.4) is 0 Å². The molecule has 2 aromatic rings. The predicted molar refractivity (Wildman–Crippen MR) is 109 cm³/mol. The molecule has 4 rings (SSSR count). The average Bonchev–Trinajstić information content (AvgIpc) is 2.78. The highest BCUT2D eigenvalue weighted by Gasteiger charge is 2.42. The summed E-state index contributed by atoms with van der Waals surface area (Å²) in [6, 6.07) is 9.02. The summed E-state index contributed by atoms with van der Waals surface area (Å²) in [7, 11) is 3.16. The van der Waals surface area contributed by atoms with E-state index in [1.807, 2.05) is 6.07 Å². The van der Waals surface area contributed by atoms with Crippen molar-refractivity contribution in [1.82, 2.24) is 0 Å². The van der Waals surface area contributed by atoms with Crippen molar-refractivity contribution in [3.05, 3.63) is 47.0 Å². The second-order valence-electron chi connectivity index (χ2n) is 7.77. The number of aliphatic hydroxyl groups is 3. The minimum atomic E-state index is -0.829. The zero-order valence-electron chi connectivity index (χ0n) is 17.2. The molecule has 0 saturated carbocycles. The Morgan fingerprint density at radius 1 is 0.900 bits per heavy atom. The number of rotatable bonds is 6. The van der Waals surface area contributed by atoms with Gasteiger partial charge in [-0.05, 0) is 48.7 Å². The van der Waals surface area contributed by atoms with E-state index in [1.54, 1.807) is 38.5 Å². The van der Waals surface area contributed by atoms with Gasteiger partial charge in [0.2, 0.25) is 0 Å². The number of fused-ring (bicyclic) bond motifs is 2. The highest BCUT2D eigenvalue weighted by atomic mass is 16.5. The summed E-state index contributed by atoms with van der Waals surface area (Å²) in [5.74, 6) is 1.85. The molecule has 7 heteroatoms. The predicted octanol–water partition coefficient (Wildman–Crippen LogP) is 2.41. The van der Waals surface area contributed by atoms with Gasteiger partial charge in [-0.25, -0.2) is 0 Å². The fourth-order valence-electron chi connectivity index (χ4n) is 4.38. The van der Waals surface area contributed by atoms with E-state index in [9.17, 15) is 10.2 Å². The largest absolute Gasteiger partial charge is 0.497 e. The molecule has 0 aliphatic carbocycles. The van der Waals surface area contributed by atoms with Crippen LogP contribution in [0.4, 0.5) is 0 Å². The first-order chi connectivity index (χ1) is 14.6. The van der Waals surface area contributed by atoms with Crippen molar-refractivity contribution in [1.29, 1.82) is 0 Å². The molecule has 30 heavy (non-hydrogen) atoms. The van der Waals surface area contributed by atoms with Crippen molar-refractivity contribution in [2.24, 2.45) is 11.8 Å². The van der Waals surface area contributed by atoms with Crippen LogP contribution in [0.5, 0.6) is 23.0 Å². The van der Waals surface area contributed by atoms with Gasteiger partial charge in [-0.2, -0.15) is 0 Å². The highest BCUT2D eigenvalue weighted by molar-refractivity contribution is 5.49. The number of aryl methyl sites for hydroxylation is 1. The lowest BCUT2D eigenvalue weighted by molar-refractivity contribution is -0.0552. The fraction of sp³-hybridized carbons (Fsp3) is 0.478. The van der Waals surface area contributed by atoms with Crippen LogP contribution in [0.1, 0.15) is 35.3 Å². The van der Waals surface area contributed by atoms with Gasteiger partial charge < -0.3 is 34.3 Å². The van der Waals surface area contributed by atoms with Gasteiger partial charge >= 0.3 is 0 Å². The second kappa shape index (κ2) is 8.71. The molecule has 0 radical (unpaired) electrons. The van der Waals surface area contributed by atoms with E-state index in [-0.39, 0.29) is 31.7 Å². The molecule has 0 fully saturated rings. The number of benzene rings is 2. The van der Waals surface area contributed by atoms with Crippen LogP contribution < -0.4 is 18.9 Å². The standard InChI is InChI=1S/C23H28O7/c1-27-14-5-6-19-15(9-14)22(25)17(11-29-19)18-12-30-21-8-13(4-3-7-24)20(28-2)10-16(21)23(18)26/h5-6,8-10,17-18,22-26H,3-4,7,11-12H2,1-2H3/t17-,18-,22-,23+/m1/s1. The van der Waals surface area contributed by atoms with E-state index in [2.05, 4.69) is 0 Å². The van der Waals surface area contributed by atoms with E-state index < -0.39 is 12.2 Å². The Morgan fingerprint density at radius 2 is 1.57 bits per heavy atom. The first-order valence-corrected chi connectivity index (χ1v) is 10.2. The Labute approximate surface area is 175 Å². The summed E-state index contributed by atoms with van der Waals surface area (Å²) in [6.45, 7) is 0.647. The molecule has 2 aliphatic rings. The van der Waals surface area contributed by atoms with Crippen molar-refractivity contribution in [2.45, 2.75) is 25.0 Å². The molecule has 0 aromatic heterocycles. The second-order valence-corrected chi connectivity index (χ2v) is 7.77. The Bertz CT molecular complexity index is 897. The van der Waals surface area contributed by atoms with Crippen molar-refractivity contribution in [3.63, 3.8) is 0 Å². The monoisotopic (exact) mass is 416 g/mol. The van der Waals surface area contributed by atoms with E-state index in [0.29, 0.717) is 47.0 Å². The van der Waals surface area contributed by atoms with Gasteiger partial charge in [0.15, 0.2) is 0 Å². The molecule has 2 aliphatic heterocycles. The lowest BCUT2D eigenvalue weighted by atomic mass is 9.77. The summed E-state index contributed by atoms with van der Waals surface area (Å²) in [4.78, 5) is 0. The van der Waals surface area contributed by atoms with Crippen LogP contribution in [0.15, 0.2) is 30.3 Å². The summed E-state index contributed by atoms with van der Waals surface area (Å²) < 4.78 is 22.6. The molecule has 2 aromatic carbocycles.